The van der Waals surface area contributed by atoms with Gasteiger partial charge in [0, 0.05) is 36.8 Å². The van der Waals surface area contributed by atoms with Gasteiger partial charge in [0.15, 0.2) is 23.2 Å². The van der Waals surface area contributed by atoms with Crippen molar-refractivity contribution in [3.8, 4) is 5.75 Å². The zero-order chi connectivity index (χ0) is 24.8. The second kappa shape index (κ2) is 12.5. The summed E-state index contributed by atoms with van der Waals surface area (Å²) in [4.78, 5) is 41.4. The maximum atomic E-state index is 13.8. The minimum Gasteiger partial charge on any atom is -0.479 e. The molecule has 2 heterocycles. The van der Waals surface area contributed by atoms with E-state index in [-0.39, 0.29) is 37.2 Å². The Kier molecular flexibility index (Phi) is 9.96. The SMILES string of the molecule is Cl.N[C@@H](Cc1ccccn1)C(=O)N[C@@H](C[C@@H]1CCNC1=O)C(=O)COc1c(F)c(F)cc(F)c1F. The third-order valence-corrected chi connectivity index (χ3v) is 5.31. The molecule has 35 heavy (non-hydrogen) atoms. The van der Waals surface area contributed by atoms with E-state index >= 15 is 0 Å². The first-order chi connectivity index (χ1) is 16.2. The number of aromatic nitrogens is 1. The Balaban J connectivity index is 0.00000432. The molecule has 0 spiro atoms. The number of hydrogen-bond donors (Lipinski definition) is 3. The maximum Gasteiger partial charge on any atom is 0.237 e. The molecule has 3 rings (SSSR count). The zero-order valence-electron chi connectivity index (χ0n) is 18.2. The van der Waals surface area contributed by atoms with Gasteiger partial charge in [0.2, 0.25) is 23.4 Å². The van der Waals surface area contributed by atoms with Crippen LogP contribution in [0.2, 0.25) is 0 Å². The van der Waals surface area contributed by atoms with E-state index in [2.05, 4.69) is 15.6 Å². The number of halogens is 5. The standard InChI is InChI=1S/C22H22F4N4O4.ClH/c23-13-9-14(24)19(26)20(18(13)25)34-10-17(31)16(7-11-4-6-29-21(11)32)30-22(33)15(27)8-12-3-1-2-5-28-12;/h1-3,5,9,11,15-16H,4,6-8,10,27H2,(H,29,32)(H,30,33);1H/t11-,15-,16-;/m0./s1. The lowest BCUT2D eigenvalue weighted by molar-refractivity contribution is -0.131. The second-order valence-electron chi connectivity index (χ2n) is 7.76. The fourth-order valence-corrected chi connectivity index (χ4v) is 3.46. The van der Waals surface area contributed by atoms with Gasteiger partial charge in [-0.15, -0.1) is 12.4 Å². The molecule has 0 saturated carbocycles. The van der Waals surface area contributed by atoms with Crippen LogP contribution in [0.4, 0.5) is 17.6 Å². The summed E-state index contributed by atoms with van der Waals surface area (Å²) in [6.07, 6.45) is 1.86. The van der Waals surface area contributed by atoms with E-state index in [0.717, 1.165) is 0 Å². The summed E-state index contributed by atoms with van der Waals surface area (Å²) in [5.41, 5.74) is 6.45. The number of nitrogens with one attached hydrogen (secondary N) is 2. The molecule has 4 N–H and O–H groups in total. The lowest BCUT2D eigenvalue weighted by Crippen LogP contribution is -2.51. The summed E-state index contributed by atoms with van der Waals surface area (Å²) in [6.45, 7) is -0.640. The molecule has 2 aromatic rings. The van der Waals surface area contributed by atoms with Crippen molar-refractivity contribution in [2.45, 2.75) is 31.3 Å². The first kappa shape index (κ1) is 28.0. The van der Waals surface area contributed by atoms with Crippen molar-refractivity contribution in [3.63, 3.8) is 0 Å². The predicted molar refractivity (Wildman–Crippen MR) is 118 cm³/mol. The van der Waals surface area contributed by atoms with Crippen molar-refractivity contribution >= 4 is 30.0 Å². The van der Waals surface area contributed by atoms with Crippen molar-refractivity contribution in [2.75, 3.05) is 13.2 Å². The molecule has 0 aliphatic carbocycles. The zero-order valence-corrected chi connectivity index (χ0v) is 19.0. The van der Waals surface area contributed by atoms with Gasteiger partial charge in [-0.25, -0.2) is 8.78 Å². The van der Waals surface area contributed by atoms with E-state index < -0.39 is 65.3 Å². The summed E-state index contributed by atoms with van der Waals surface area (Å²) in [6, 6.07) is 2.67. The highest BCUT2D eigenvalue weighted by molar-refractivity contribution is 5.92. The van der Waals surface area contributed by atoms with Crippen molar-refractivity contribution in [2.24, 2.45) is 11.7 Å². The first-order valence-corrected chi connectivity index (χ1v) is 10.4. The number of carbonyl (C=O) groups is 3. The highest BCUT2D eigenvalue weighted by atomic mass is 35.5. The second-order valence-corrected chi connectivity index (χ2v) is 7.76. The van der Waals surface area contributed by atoms with Gasteiger partial charge in [0.1, 0.15) is 6.61 Å². The molecule has 1 aliphatic rings. The topological polar surface area (TPSA) is 123 Å². The Bertz CT molecular complexity index is 1050. The van der Waals surface area contributed by atoms with Crippen LogP contribution < -0.4 is 21.1 Å². The molecule has 3 atom stereocenters. The lowest BCUT2D eigenvalue weighted by atomic mass is 9.95. The van der Waals surface area contributed by atoms with Gasteiger partial charge in [-0.05, 0) is 25.0 Å². The molecule has 13 heteroatoms. The van der Waals surface area contributed by atoms with E-state index in [0.29, 0.717) is 18.7 Å². The van der Waals surface area contributed by atoms with Gasteiger partial charge < -0.3 is 21.1 Å². The summed E-state index contributed by atoms with van der Waals surface area (Å²) < 4.78 is 59.2. The van der Waals surface area contributed by atoms with Crippen molar-refractivity contribution < 1.29 is 36.7 Å². The normalized spacial score (nSPS) is 16.6. The molecular formula is C22H23ClF4N4O4. The average molecular weight is 519 g/mol. The van der Waals surface area contributed by atoms with Crippen LogP contribution in [0.1, 0.15) is 18.5 Å². The maximum absolute atomic E-state index is 13.8. The number of pyridine rings is 1. The molecule has 1 saturated heterocycles. The molecular weight excluding hydrogens is 496 g/mol. The van der Waals surface area contributed by atoms with E-state index in [1.807, 2.05) is 0 Å². The number of nitrogens with zero attached hydrogens (tertiary/aromatic N) is 1. The van der Waals surface area contributed by atoms with E-state index in [1.54, 1.807) is 18.2 Å². The number of nitrogens with two attached hydrogens (primary N) is 1. The number of benzene rings is 1. The first-order valence-electron chi connectivity index (χ1n) is 10.4. The Morgan fingerprint density at radius 2 is 1.89 bits per heavy atom. The minimum atomic E-state index is -1.81. The Hall–Kier alpha value is -3.25. The van der Waals surface area contributed by atoms with Gasteiger partial charge in [-0.2, -0.15) is 8.78 Å². The number of ketones is 1. The van der Waals surface area contributed by atoms with Crippen LogP contribution in [0, 0.1) is 29.2 Å². The Morgan fingerprint density at radius 3 is 2.46 bits per heavy atom. The molecule has 1 aromatic carbocycles. The molecule has 190 valence electrons. The van der Waals surface area contributed by atoms with Crippen molar-refractivity contribution in [3.05, 3.63) is 59.4 Å². The number of ether oxygens (including phenoxy) is 1. The highest BCUT2D eigenvalue weighted by Crippen LogP contribution is 2.26. The van der Waals surface area contributed by atoms with Crippen LogP contribution in [0.25, 0.3) is 0 Å². The molecule has 1 aliphatic heterocycles. The minimum absolute atomic E-state index is 0. The molecule has 0 bridgehead atoms. The summed E-state index contributed by atoms with van der Waals surface area (Å²) in [5.74, 6) is -10.9. The highest BCUT2D eigenvalue weighted by Gasteiger charge is 2.33. The summed E-state index contributed by atoms with van der Waals surface area (Å²) in [7, 11) is 0. The monoisotopic (exact) mass is 518 g/mol. The summed E-state index contributed by atoms with van der Waals surface area (Å²) in [5, 5.41) is 5.03. The van der Waals surface area contributed by atoms with Gasteiger partial charge in [0.25, 0.3) is 0 Å². The van der Waals surface area contributed by atoms with Crippen molar-refractivity contribution in [1.82, 2.24) is 15.6 Å². The van der Waals surface area contributed by atoms with Crippen LogP contribution in [-0.4, -0.2) is 47.8 Å². The Labute approximate surface area is 204 Å². The predicted octanol–water partition coefficient (Wildman–Crippen LogP) is 1.59. The quantitative estimate of drug-likeness (QED) is 0.324. The number of hydrogen-bond acceptors (Lipinski definition) is 6. The molecule has 0 radical (unpaired) electrons. The largest absolute Gasteiger partial charge is 0.479 e. The van der Waals surface area contributed by atoms with Crippen LogP contribution in [0.5, 0.6) is 5.75 Å². The van der Waals surface area contributed by atoms with Gasteiger partial charge >= 0.3 is 0 Å². The van der Waals surface area contributed by atoms with E-state index in [1.165, 1.54) is 6.20 Å². The summed E-state index contributed by atoms with van der Waals surface area (Å²) >= 11 is 0. The van der Waals surface area contributed by atoms with Gasteiger partial charge in [0.05, 0.1) is 12.1 Å². The lowest BCUT2D eigenvalue weighted by Gasteiger charge is -2.22. The van der Waals surface area contributed by atoms with Crippen LogP contribution in [0.3, 0.4) is 0 Å². The molecule has 1 fully saturated rings. The molecule has 2 amide bonds. The van der Waals surface area contributed by atoms with Crippen LogP contribution in [-0.2, 0) is 20.8 Å². The smallest absolute Gasteiger partial charge is 0.237 e. The van der Waals surface area contributed by atoms with Crippen LogP contribution >= 0.6 is 12.4 Å². The number of rotatable bonds is 10. The fraction of sp³-hybridized carbons (Fsp3) is 0.364. The number of carbonyl (C=O) groups excluding carboxylic acids is 3. The number of Topliss-reactive ketones (excluding diaryl/α,β-unsaturated/α-hetero) is 1. The Morgan fingerprint density at radius 1 is 1.20 bits per heavy atom. The van der Waals surface area contributed by atoms with Gasteiger partial charge in [-0.1, -0.05) is 6.07 Å². The van der Waals surface area contributed by atoms with Gasteiger partial charge in [-0.3, -0.25) is 19.4 Å². The van der Waals surface area contributed by atoms with Crippen LogP contribution in [0.15, 0.2) is 30.5 Å². The van der Waals surface area contributed by atoms with Crippen molar-refractivity contribution in [1.29, 1.82) is 0 Å². The third-order valence-electron chi connectivity index (χ3n) is 5.31. The molecule has 8 nitrogen and oxygen atoms in total. The number of amides is 2. The average Bonchev–Trinajstić information content (AvgIpc) is 3.22. The molecule has 0 unspecified atom stereocenters. The molecule has 1 aromatic heterocycles. The fourth-order valence-electron chi connectivity index (χ4n) is 3.46. The van der Waals surface area contributed by atoms with E-state index in [4.69, 9.17) is 10.5 Å². The third kappa shape index (κ3) is 7.12. The van der Waals surface area contributed by atoms with E-state index in [9.17, 15) is 31.9 Å².